The van der Waals surface area contributed by atoms with E-state index in [4.69, 9.17) is 0 Å². The van der Waals surface area contributed by atoms with E-state index in [-0.39, 0.29) is 11.9 Å². The minimum Gasteiger partial charge on any atom is -0.333 e. The van der Waals surface area contributed by atoms with Crippen LogP contribution in [0.5, 0.6) is 0 Å². The third-order valence-corrected chi connectivity index (χ3v) is 4.30. The van der Waals surface area contributed by atoms with Gasteiger partial charge in [-0.3, -0.25) is 4.79 Å². The van der Waals surface area contributed by atoms with Crippen molar-refractivity contribution >= 4 is 5.91 Å². The van der Waals surface area contributed by atoms with Crippen molar-refractivity contribution in [2.24, 2.45) is 0 Å². The molecule has 128 valence electrons. The summed E-state index contributed by atoms with van der Waals surface area (Å²) in [6, 6.07) is 11.2. The van der Waals surface area contributed by atoms with Crippen molar-refractivity contribution in [3.05, 3.63) is 71.6 Å². The van der Waals surface area contributed by atoms with Crippen LogP contribution in [0, 0.1) is 13.8 Å². The van der Waals surface area contributed by atoms with Gasteiger partial charge in [0.25, 0.3) is 5.91 Å². The summed E-state index contributed by atoms with van der Waals surface area (Å²) in [5.74, 6) is -0.0500. The van der Waals surface area contributed by atoms with Crippen LogP contribution < -0.4 is 0 Å². The molecule has 0 aliphatic carbocycles. The number of rotatable bonds is 4. The van der Waals surface area contributed by atoms with Crippen molar-refractivity contribution in [3.8, 4) is 5.69 Å². The molecule has 0 aliphatic rings. The Morgan fingerprint density at radius 3 is 2.44 bits per heavy atom. The highest BCUT2D eigenvalue weighted by Crippen LogP contribution is 2.19. The van der Waals surface area contributed by atoms with E-state index in [1.54, 1.807) is 18.1 Å². The minimum atomic E-state index is -0.133. The predicted octanol–water partition coefficient (Wildman–Crippen LogP) is 3.11. The maximum atomic E-state index is 12.7. The Labute approximate surface area is 147 Å². The fourth-order valence-electron chi connectivity index (χ4n) is 2.76. The first-order chi connectivity index (χ1) is 12.0. The van der Waals surface area contributed by atoms with E-state index in [0.717, 1.165) is 22.8 Å². The van der Waals surface area contributed by atoms with E-state index in [2.05, 4.69) is 15.1 Å². The standard InChI is InChI=1S/C19H21N5O/c1-13-11-14(2)24(22-13)17-7-5-16(6-8-17)19(25)23(4)15(3)18-9-10-20-12-21-18/h5-12,15H,1-4H3/t15-/m1/s1. The number of aromatic nitrogens is 4. The second-order valence-electron chi connectivity index (χ2n) is 6.11. The molecule has 1 amide bonds. The first kappa shape index (κ1) is 16.8. The van der Waals surface area contributed by atoms with Gasteiger partial charge < -0.3 is 4.90 Å². The maximum Gasteiger partial charge on any atom is 0.254 e. The molecule has 6 nitrogen and oxygen atoms in total. The molecule has 0 N–H and O–H groups in total. The fraction of sp³-hybridized carbons (Fsp3) is 0.263. The first-order valence-electron chi connectivity index (χ1n) is 8.14. The average molecular weight is 335 g/mol. The van der Waals surface area contributed by atoms with E-state index in [1.807, 2.05) is 61.9 Å². The molecule has 0 aliphatic heterocycles. The van der Waals surface area contributed by atoms with Crippen LogP contribution in [0.1, 0.15) is 40.4 Å². The summed E-state index contributed by atoms with van der Waals surface area (Å²) in [4.78, 5) is 22.6. The molecule has 2 aromatic heterocycles. The van der Waals surface area contributed by atoms with E-state index >= 15 is 0 Å². The van der Waals surface area contributed by atoms with E-state index in [0.29, 0.717) is 5.56 Å². The van der Waals surface area contributed by atoms with E-state index < -0.39 is 0 Å². The molecule has 25 heavy (non-hydrogen) atoms. The zero-order valence-electron chi connectivity index (χ0n) is 14.8. The lowest BCUT2D eigenvalue weighted by Crippen LogP contribution is -2.30. The number of carbonyl (C=O) groups is 1. The molecular weight excluding hydrogens is 314 g/mol. The van der Waals surface area contributed by atoms with Gasteiger partial charge in [-0.1, -0.05) is 0 Å². The van der Waals surface area contributed by atoms with Crippen LogP contribution in [0.15, 0.2) is 48.9 Å². The number of hydrogen-bond acceptors (Lipinski definition) is 4. The van der Waals surface area contributed by atoms with Gasteiger partial charge in [0.05, 0.1) is 23.1 Å². The molecule has 0 saturated carbocycles. The van der Waals surface area contributed by atoms with Gasteiger partial charge in [-0.2, -0.15) is 5.10 Å². The number of hydrogen-bond donors (Lipinski definition) is 0. The minimum absolute atomic E-state index is 0.0500. The normalized spacial score (nSPS) is 12.0. The number of carbonyl (C=O) groups excluding carboxylic acids is 1. The largest absolute Gasteiger partial charge is 0.333 e. The van der Waals surface area contributed by atoms with Gasteiger partial charge in [-0.25, -0.2) is 14.6 Å². The summed E-state index contributed by atoms with van der Waals surface area (Å²) in [5.41, 5.74) is 4.41. The summed E-state index contributed by atoms with van der Waals surface area (Å²) >= 11 is 0. The summed E-state index contributed by atoms with van der Waals surface area (Å²) < 4.78 is 1.87. The lowest BCUT2D eigenvalue weighted by Gasteiger charge is -2.24. The summed E-state index contributed by atoms with van der Waals surface area (Å²) in [6.07, 6.45) is 3.17. The Morgan fingerprint density at radius 1 is 1.16 bits per heavy atom. The predicted molar refractivity (Wildman–Crippen MR) is 95.6 cm³/mol. The molecule has 1 aromatic carbocycles. The van der Waals surface area contributed by atoms with E-state index in [1.165, 1.54) is 6.33 Å². The van der Waals surface area contributed by atoms with Crippen LogP contribution in [0.4, 0.5) is 0 Å². The zero-order valence-corrected chi connectivity index (χ0v) is 14.8. The molecular formula is C19H21N5O. The highest BCUT2D eigenvalue weighted by atomic mass is 16.2. The van der Waals surface area contributed by atoms with Crippen molar-refractivity contribution < 1.29 is 4.79 Å². The van der Waals surface area contributed by atoms with Crippen LogP contribution >= 0.6 is 0 Å². The van der Waals surface area contributed by atoms with Crippen LogP contribution in [0.2, 0.25) is 0 Å². The van der Waals surface area contributed by atoms with Gasteiger partial charge in [0.1, 0.15) is 6.33 Å². The summed E-state index contributed by atoms with van der Waals surface area (Å²) in [6.45, 7) is 5.92. The fourth-order valence-corrected chi connectivity index (χ4v) is 2.76. The Hall–Kier alpha value is -3.02. The van der Waals surface area contributed by atoms with Gasteiger partial charge in [-0.05, 0) is 57.2 Å². The monoisotopic (exact) mass is 335 g/mol. The van der Waals surface area contributed by atoms with E-state index in [9.17, 15) is 4.79 Å². The van der Waals surface area contributed by atoms with Crippen LogP contribution in [0.3, 0.4) is 0 Å². The molecule has 3 rings (SSSR count). The van der Waals surface area contributed by atoms with Crippen LogP contribution in [-0.2, 0) is 0 Å². The quantitative estimate of drug-likeness (QED) is 0.735. The van der Waals surface area contributed by atoms with Crippen LogP contribution in [0.25, 0.3) is 5.69 Å². The third-order valence-electron chi connectivity index (χ3n) is 4.30. The van der Waals surface area contributed by atoms with Gasteiger partial charge in [0.2, 0.25) is 0 Å². The van der Waals surface area contributed by atoms with Crippen molar-refractivity contribution in [3.63, 3.8) is 0 Å². The zero-order chi connectivity index (χ0) is 18.0. The molecule has 0 unspecified atom stereocenters. The molecule has 0 fully saturated rings. The SMILES string of the molecule is Cc1cc(C)n(-c2ccc(C(=O)N(C)[C@H](C)c3ccncn3)cc2)n1. The second-order valence-corrected chi connectivity index (χ2v) is 6.11. The second kappa shape index (κ2) is 6.84. The molecule has 0 saturated heterocycles. The Bertz CT molecular complexity index is 871. The van der Waals surface area contributed by atoms with Crippen molar-refractivity contribution in [2.45, 2.75) is 26.8 Å². The lowest BCUT2D eigenvalue weighted by atomic mass is 10.1. The van der Waals surface area contributed by atoms with Gasteiger partial charge in [0.15, 0.2) is 0 Å². The molecule has 3 aromatic rings. The lowest BCUT2D eigenvalue weighted by molar-refractivity contribution is 0.0739. The molecule has 0 radical (unpaired) electrons. The topological polar surface area (TPSA) is 63.9 Å². The Morgan fingerprint density at radius 2 is 1.88 bits per heavy atom. The number of nitrogens with zero attached hydrogens (tertiary/aromatic N) is 5. The Kier molecular flexibility index (Phi) is 4.61. The third kappa shape index (κ3) is 3.42. The maximum absolute atomic E-state index is 12.7. The molecule has 0 spiro atoms. The molecule has 0 bridgehead atoms. The van der Waals surface area contributed by atoms with Gasteiger partial charge in [-0.15, -0.1) is 0 Å². The first-order valence-corrected chi connectivity index (χ1v) is 8.14. The smallest absolute Gasteiger partial charge is 0.254 e. The Balaban J connectivity index is 1.80. The number of aryl methyl sites for hydroxylation is 2. The summed E-state index contributed by atoms with van der Waals surface area (Å²) in [7, 11) is 1.78. The highest BCUT2D eigenvalue weighted by molar-refractivity contribution is 5.94. The van der Waals surface area contributed by atoms with Crippen molar-refractivity contribution in [1.29, 1.82) is 0 Å². The van der Waals surface area contributed by atoms with Gasteiger partial charge >= 0.3 is 0 Å². The molecule has 6 heteroatoms. The summed E-state index contributed by atoms with van der Waals surface area (Å²) in [5, 5.41) is 4.47. The van der Waals surface area contributed by atoms with Crippen molar-refractivity contribution in [1.82, 2.24) is 24.6 Å². The van der Waals surface area contributed by atoms with Gasteiger partial charge in [0, 0.05) is 24.5 Å². The highest BCUT2D eigenvalue weighted by Gasteiger charge is 2.20. The average Bonchev–Trinajstić information content (AvgIpc) is 2.99. The van der Waals surface area contributed by atoms with Crippen molar-refractivity contribution in [2.75, 3.05) is 7.05 Å². The number of benzene rings is 1. The number of amides is 1. The molecule has 1 atom stereocenters. The molecule has 2 heterocycles. The van der Waals surface area contributed by atoms with Crippen LogP contribution in [-0.4, -0.2) is 37.6 Å².